The Morgan fingerprint density at radius 3 is 2.36 bits per heavy atom. The molecule has 0 aromatic heterocycles. The van der Waals surface area contributed by atoms with Gasteiger partial charge in [0.05, 0.1) is 8.95 Å². The summed E-state index contributed by atoms with van der Waals surface area (Å²) in [5.74, 6) is 0.118. The van der Waals surface area contributed by atoms with Gasteiger partial charge in [-0.15, -0.1) is 12.4 Å². The number of primary amides is 1. The first-order chi connectivity index (χ1) is 10.1. The molecule has 1 aromatic rings. The van der Waals surface area contributed by atoms with Crippen LogP contribution in [0.1, 0.15) is 37.7 Å². The van der Waals surface area contributed by atoms with E-state index >= 15 is 0 Å². The third-order valence-corrected chi connectivity index (χ3v) is 4.79. The van der Waals surface area contributed by atoms with Crippen LogP contribution in [0.4, 0.5) is 0 Å². The number of carbonyl (C=O) groups excluding carboxylic acids is 1. The number of nitrogens with two attached hydrogens (primary N) is 1. The fourth-order valence-corrected chi connectivity index (χ4v) is 4.07. The summed E-state index contributed by atoms with van der Waals surface area (Å²) in [4.78, 5) is 10.8. The molecule has 0 saturated heterocycles. The number of nitrogens with one attached hydrogen (secondary N) is 1. The van der Waals surface area contributed by atoms with Crippen LogP contribution in [-0.2, 0) is 11.3 Å². The highest BCUT2D eigenvalue weighted by molar-refractivity contribution is 9.11. The maximum atomic E-state index is 10.8. The fraction of sp³-hybridized carbons (Fsp3) is 0.533. The average molecular weight is 457 g/mol. The number of hydrogen-bond acceptors (Lipinski definition) is 3. The van der Waals surface area contributed by atoms with E-state index in [-0.39, 0.29) is 19.0 Å². The van der Waals surface area contributed by atoms with Crippen molar-refractivity contribution in [1.29, 1.82) is 0 Å². The van der Waals surface area contributed by atoms with Crippen molar-refractivity contribution >= 4 is 50.2 Å². The number of benzene rings is 1. The highest BCUT2D eigenvalue weighted by atomic mass is 79.9. The van der Waals surface area contributed by atoms with Gasteiger partial charge in [-0.2, -0.15) is 0 Å². The molecule has 0 bridgehead atoms. The number of hydrogen-bond donors (Lipinski definition) is 2. The first-order valence-corrected chi connectivity index (χ1v) is 8.77. The molecule has 1 amide bonds. The molecule has 7 heteroatoms. The molecule has 1 fully saturated rings. The zero-order chi connectivity index (χ0) is 15.2. The molecule has 0 aliphatic heterocycles. The Bertz CT molecular complexity index is 485. The number of ether oxygens (including phenoxy) is 1. The minimum Gasteiger partial charge on any atom is -0.481 e. The first kappa shape index (κ1) is 19.7. The lowest BCUT2D eigenvalue weighted by molar-refractivity contribution is -0.119. The van der Waals surface area contributed by atoms with E-state index in [1.165, 1.54) is 37.7 Å². The van der Waals surface area contributed by atoms with Crippen LogP contribution in [0, 0.1) is 0 Å². The molecule has 3 N–H and O–H groups in total. The minimum absolute atomic E-state index is 0. The number of carbonyl (C=O) groups is 1. The molecule has 0 atom stereocenters. The zero-order valence-corrected chi connectivity index (χ0v) is 16.2. The average Bonchev–Trinajstić information content (AvgIpc) is 2.45. The van der Waals surface area contributed by atoms with Crippen molar-refractivity contribution < 1.29 is 9.53 Å². The second-order valence-corrected chi connectivity index (χ2v) is 7.07. The molecule has 0 radical (unpaired) electrons. The van der Waals surface area contributed by atoms with Crippen molar-refractivity contribution in [1.82, 2.24) is 5.32 Å². The zero-order valence-electron chi connectivity index (χ0n) is 12.2. The van der Waals surface area contributed by atoms with Gasteiger partial charge in [-0.25, -0.2) is 0 Å². The van der Waals surface area contributed by atoms with Crippen molar-refractivity contribution in [3.63, 3.8) is 0 Å². The molecule has 2 rings (SSSR count). The van der Waals surface area contributed by atoms with Gasteiger partial charge >= 0.3 is 0 Å². The maximum absolute atomic E-state index is 10.8. The monoisotopic (exact) mass is 454 g/mol. The Kier molecular flexibility index (Phi) is 8.75. The van der Waals surface area contributed by atoms with Gasteiger partial charge in [-0.1, -0.05) is 19.3 Å². The first-order valence-electron chi connectivity index (χ1n) is 7.18. The van der Waals surface area contributed by atoms with E-state index < -0.39 is 5.91 Å². The Labute approximate surface area is 154 Å². The van der Waals surface area contributed by atoms with Gasteiger partial charge in [0.15, 0.2) is 6.61 Å². The van der Waals surface area contributed by atoms with Crippen molar-refractivity contribution in [3.05, 3.63) is 26.6 Å². The minimum atomic E-state index is -0.489. The SMILES string of the molecule is Cl.NC(=O)COc1c(Br)cc(CNC2CCCCC2)cc1Br. The normalized spacial score (nSPS) is 15.2. The predicted octanol–water partition coefficient (Wildman–Crippen LogP) is 3.92. The van der Waals surface area contributed by atoms with Crippen LogP contribution in [0.5, 0.6) is 5.75 Å². The van der Waals surface area contributed by atoms with Gasteiger partial charge in [0.25, 0.3) is 5.91 Å². The predicted molar refractivity (Wildman–Crippen MR) is 97.5 cm³/mol. The summed E-state index contributed by atoms with van der Waals surface area (Å²) in [6.45, 7) is 0.703. The van der Waals surface area contributed by atoms with E-state index in [0.29, 0.717) is 11.8 Å². The summed E-state index contributed by atoms with van der Waals surface area (Å²) in [7, 11) is 0. The van der Waals surface area contributed by atoms with Crippen molar-refractivity contribution in [2.24, 2.45) is 5.73 Å². The van der Waals surface area contributed by atoms with Crippen LogP contribution >= 0.6 is 44.3 Å². The molecule has 4 nitrogen and oxygen atoms in total. The summed E-state index contributed by atoms with van der Waals surface area (Å²) < 4.78 is 7.03. The maximum Gasteiger partial charge on any atom is 0.255 e. The van der Waals surface area contributed by atoms with Gasteiger partial charge < -0.3 is 15.8 Å². The third-order valence-electron chi connectivity index (χ3n) is 3.62. The van der Waals surface area contributed by atoms with Crippen LogP contribution in [0.15, 0.2) is 21.1 Å². The van der Waals surface area contributed by atoms with Crippen LogP contribution < -0.4 is 15.8 Å². The Balaban J connectivity index is 0.00000242. The molecule has 1 aliphatic rings. The Morgan fingerprint density at radius 2 is 1.82 bits per heavy atom. The van der Waals surface area contributed by atoms with Crippen molar-refractivity contribution in [2.75, 3.05) is 6.61 Å². The number of halogens is 3. The standard InChI is InChI=1S/C15H20Br2N2O2.ClH/c16-12-6-10(8-19-11-4-2-1-3-5-11)7-13(17)15(12)21-9-14(18)20;/h6-7,11,19H,1-5,8-9H2,(H2,18,20);1H. The Morgan fingerprint density at radius 1 is 1.23 bits per heavy atom. The summed E-state index contributed by atoms with van der Waals surface area (Å²) in [5.41, 5.74) is 6.27. The summed E-state index contributed by atoms with van der Waals surface area (Å²) in [6, 6.07) is 4.65. The van der Waals surface area contributed by atoms with E-state index in [1.807, 2.05) is 12.1 Å². The summed E-state index contributed by atoms with van der Waals surface area (Å²) in [6.07, 6.45) is 6.54. The van der Waals surface area contributed by atoms with Crippen LogP contribution in [0.3, 0.4) is 0 Å². The van der Waals surface area contributed by atoms with E-state index in [0.717, 1.165) is 15.5 Å². The molecule has 22 heavy (non-hydrogen) atoms. The Hall–Kier alpha value is -0.300. The van der Waals surface area contributed by atoms with Gasteiger partial charge in [0.1, 0.15) is 5.75 Å². The molecule has 1 aromatic carbocycles. The van der Waals surface area contributed by atoms with Crippen LogP contribution in [0.2, 0.25) is 0 Å². The lowest BCUT2D eigenvalue weighted by Crippen LogP contribution is -2.30. The van der Waals surface area contributed by atoms with E-state index in [4.69, 9.17) is 10.5 Å². The molecule has 0 heterocycles. The topological polar surface area (TPSA) is 64.4 Å². The smallest absolute Gasteiger partial charge is 0.255 e. The molecule has 0 unspecified atom stereocenters. The number of rotatable bonds is 6. The van der Waals surface area contributed by atoms with Gasteiger partial charge in [-0.05, 0) is 62.4 Å². The second-order valence-electron chi connectivity index (χ2n) is 5.36. The second kappa shape index (κ2) is 9.75. The molecular formula is C15H21Br2ClN2O2. The lowest BCUT2D eigenvalue weighted by Gasteiger charge is -2.23. The lowest BCUT2D eigenvalue weighted by atomic mass is 9.95. The van der Waals surface area contributed by atoms with Crippen molar-refractivity contribution in [3.8, 4) is 5.75 Å². The summed E-state index contributed by atoms with van der Waals surface area (Å²) >= 11 is 6.96. The van der Waals surface area contributed by atoms with E-state index in [2.05, 4.69) is 37.2 Å². The van der Waals surface area contributed by atoms with Gasteiger partial charge in [0, 0.05) is 12.6 Å². The largest absolute Gasteiger partial charge is 0.481 e. The van der Waals surface area contributed by atoms with Crippen molar-refractivity contribution in [2.45, 2.75) is 44.7 Å². The van der Waals surface area contributed by atoms with E-state index in [1.54, 1.807) is 0 Å². The summed E-state index contributed by atoms with van der Waals surface area (Å²) in [5, 5.41) is 3.61. The van der Waals surface area contributed by atoms with Gasteiger partial charge in [0.2, 0.25) is 0 Å². The fourth-order valence-electron chi connectivity index (χ4n) is 2.56. The molecule has 0 spiro atoms. The quantitative estimate of drug-likeness (QED) is 0.682. The van der Waals surface area contributed by atoms with E-state index in [9.17, 15) is 4.79 Å². The third kappa shape index (κ3) is 6.07. The van der Waals surface area contributed by atoms with Crippen LogP contribution in [0.25, 0.3) is 0 Å². The molecule has 124 valence electrons. The number of amides is 1. The van der Waals surface area contributed by atoms with Gasteiger partial charge in [-0.3, -0.25) is 4.79 Å². The molecule has 1 aliphatic carbocycles. The molecule has 1 saturated carbocycles. The highest BCUT2D eigenvalue weighted by Crippen LogP contribution is 2.34. The molecular weight excluding hydrogens is 435 g/mol. The van der Waals surface area contributed by atoms with Crippen LogP contribution in [-0.4, -0.2) is 18.6 Å². The highest BCUT2D eigenvalue weighted by Gasteiger charge is 2.14.